The van der Waals surface area contributed by atoms with Crippen LogP contribution >= 0.6 is 0 Å². The molecule has 0 unspecified atom stereocenters. The van der Waals surface area contributed by atoms with Gasteiger partial charge in [-0.15, -0.1) is 0 Å². The van der Waals surface area contributed by atoms with Gasteiger partial charge in [-0.1, -0.05) is 24.3 Å². The number of hydrogen-bond acceptors (Lipinski definition) is 3. The molecule has 2 aromatic carbocycles. The zero-order valence-corrected chi connectivity index (χ0v) is 12.8. The maximum absolute atomic E-state index is 12.4. The Hall–Kier alpha value is -3.34. The van der Waals surface area contributed by atoms with Crippen LogP contribution in [0, 0.1) is 0 Å². The van der Waals surface area contributed by atoms with Gasteiger partial charge in [0, 0.05) is 17.3 Å². The molecule has 1 aliphatic heterocycles. The summed E-state index contributed by atoms with van der Waals surface area (Å²) in [6.07, 6.45) is 2.40. The van der Waals surface area contributed by atoms with Crippen LogP contribution in [0.25, 0.3) is 16.5 Å². The van der Waals surface area contributed by atoms with E-state index in [-0.39, 0.29) is 11.7 Å². The first kappa shape index (κ1) is 14.3. The van der Waals surface area contributed by atoms with Gasteiger partial charge in [-0.05, 0) is 42.0 Å². The number of nitrogens with zero attached hydrogens (tertiary/aromatic N) is 1. The van der Waals surface area contributed by atoms with E-state index in [0.29, 0.717) is 12.0 Å². The van der Waals surface area contributed by atoms with Gasteiger partial charge in [0.15, 0.2) is 0 Å². The van der Waals surface area contributed by atoms with Crippen LogP contribution < -0.4 is 5.43 Å². The maximum atomic E-state index is 12.4. The Bertz CT molecular complexity index is 948. The third-order valence-corrected chi connectivity index (χ3v) is 4.06. The van der Waals surface area contributed by atoms with Crippen molar-refractivity contribution in [1.29, 1.82) is 0 Å². The molecule has 3 N–H and O–H groups in total. The molecular formula is C19H15N3O2. The van der Waals surface area contributed by atoms with E-state index >= 15 is 0 Å². The fraction of sp³-hybridized carbons (Fsp3) is 0.0526. The molecule has 0 saturated heterocycles. The van der Waals surface area contributed by atoms with Gasteiger partial charge in [0.25, 0.3) is 5.91 Å². The van der Waals surface area contributed by atoms with Gasteiger partial charge in [0.2, 0.25) is 0 Å². The van der Waals surface area contributed by atoms with Crippen LogP contribution in [0.2, 0.25) is 0 Å². The molecule has 1 aromatic heterocycles. The number of hydrazone groups is 1. The van der Waals surface area contributed by atoms with Gasteiger partial charge in [0.1, 0.15) is 5.75 Å². The number of hydrogen-bond donors (Lipinski definition) is 3. The molecule has 0 radical (unpaired) electrons. The second-order valence-corrected chi connectivity index (χ2v) is 5.64. The van der Waals surface area contributed by atoms with Gasteiger partial charge in [-0.3, -0.25) is 4.79 Å². The normalized spacial score (nSPS) is 14.8. The first-order chi connectivity index (χ1) is 11.7. The molecule has 1 aliphatic rings. The first-order valence-corrected chi connectivity index (χ1v) is 7.65. The van der Waals surface area contributed by atoms with Crippen LogP contribution in [0.3, 0.4) is 0 Å². The van der Waals surface area contributed by atoms with E-state index in [0.717, 1.165) is 27.9 Å². The largest absolute Gasteiger partial charge is 0.508 e. The molecule has 0 spiro atoms. The second kappa shape index (κ2) is 5.70. The van der Waals surface area contributed by atoms with Crippen molar-refractivity contribution in [2.75, 3.05) is 0 Å². The Balaban J connectivity index is 1.68. The molecule has 0 atom stereocenters. The summed E-state index contributed by atoms with van der Waals surface area (Å²) in [6.45, 7) is 0. The van der Waals surface area contributed by atoms with Crippen molar-refractivity contribution in [1.82, 2.24) is 10.4 Å². The fourth-order valence-corrected chi connectivity index (χ4v) is 2.80. The van der Waals surface area contributed by atoms with Gasteiger partial charge in [0.05, 0.1) is 17.0 Å². The minimum atomic E-state index is -0.240. The number of allylic oxidation sites excluding steroid dienone is 1. The van der Waals surface area contributed by atoms with Gasteiger partial charge >= 0.3 is 0 Å². The number of nitrogens with one attached hydrogen (secondary N) is 2. The summed E-state index contributed by atoms with van der Waals surface area (Å²) in [6, 6.07) is 16.6. The third kappa shape index (κ3) is 2.56. The number of amides is 1. The Labute approximate surface area is 138 Å². The summed E-state index contributed by atoms with van der Waals surface area (Å²) in [5.41, 5.74) is 6.54. The van der Waals surface area contributed by atoms with Gasteiger partial charge in [-0.25, -0.2) is 5.43 Å². The van der Waals surface area contributed by atoms with Crippen molar-refractivity contribution >= 4 is 28.1 Å². The number of fused-ring (bicyclic) bond motifs is 1. The lowest BCUT2D eigenvalue weighted by Gasteiger charge is -2.02. The van der Waals surface area contributed by atoms with E-state index in [4.69, 9.17) is 0 Å². The number of benzene rings is 2. The summed E-state index contributed by atoms with van der Waals surface area (Å²) in [7, 11) is 0. The quantitative estimate of drug-likeness (QED) is 0.679. The van der Waals surface area contributed by atoms with E-state index in [1.165, 1.54) is 0 Å². The van der Waals surface area contributed by atoms with Crippen LogP contribution in [0.1, 0.15) is 17.7 Å². The van der Waals surface area contributed by atoms with Crippen molar-refractivity contribution < 1.29 is 9.90 Å². The number of para-hydroxylation sites is 1. The Kier molecular flexibility index (Phi) is 3.39. The smallest absolute Gasteiger partial charge is 0.273 e. The van der Waals surface area contributed by atoms with E-state index < -0.39 is 0 Å². The molecule has 3 aromatic rings. The fourth-order valence-electron chi connectivity index (χ4n) is 2.80. The topological polar surface area (TPSA) is 77.5 Å². The Morgan fingerprint density at radius 3 is 2.62 bits per heavy atom. The zero-order valence-electron chi connectivity index (χ0n) is 12.8. The molecule has 0 aliphatic carbocycles. The predicted molar refractivity (Wildman–Crippen MR) is 93.7 cm³/mol. The summed E-state index contributed by atoms with van der Waals surface area (Å²) in [5, 5.41) is 14.7. The minimum absolute atomic E-state index is 0.200. The number of aromatic nitrogens is 1. The number of aromatic amines is 1. The number of H-pyrrole nitrogens is 1. The number of aromatic hydroxyl groups is 1. The van der Waals surface area contributed by atoms with Crippen LogP contribution in [0.4, 0.5) is 0 Å². The molecule has 5 nitrogen and oxygen atoms in total. The molecule has 5 heteroatoms. The summed E-state index contributed by atoms with van der Waals surface area (Å²) < 4.78 is 0. The van der Waals surface area contributed by atoms with Crippen molar-refractivity contribution in [3.63, 3.8) is 0 Å². The molecule has 118 valence electrons. The average molecular weight is 317 g/mol. The SMILES string of the molecule is O=C1NN=C(c2ccc(O)cc2)CC=C1c1cc2ccccc2[nH]1. The van der Waals surface area contributed by atoms with Crippen molar-refractivity contribution in [2.45, 2.75) is 6.42 Å². The van der Waals surface area contributed by atoms with Crippen molar-refractivity contribution in [2.24, 2.45) is 5.10 Å². The Morgan fingerprint density at radius 2 is 1.83 bits per heavy atom. The van der Waals surface area contributed by atoms with Crippen LogP contribution in [-0.2, 0) is 4.79 Å². The summed E-state index contributed by atoms with van der Waals surface area (Å²) in [4.78, 5) is 15.6. The Morgan fingerprint density at radius 1 is 1.04 bits per heavy atom. The number of phenols is 1. The molecule has 0 fully saturated rings. The number of rotatable bonds is 2. The molecule has 24 heavy (non-hydrogen) atoms. The van der Waals surface area contributed by atoms with Gasteiger partial charge < -0.3 is 10.1 Å². The lowest BCUT2D eigenvalue weighted by molar-refractivity contribution is -0.115. The van der Waals surface area contributed by atoms with Gasteiger partial charge in [-0.2, -0.15) is 5.10 Å². The predicted octanol–water partition coefficient (Wildman–Crippen LogP) is 3.18. The highest BCUT2D eigenvalue weighted by Gasteiger charge is 2.18. The maximum Gasteiger partial charge on any atom is 0.273 e. The second-order valence-electron chi connectivity index (χ2n) is 5.64. The number of carbonyl (C=O) groups excluding carboxylic acids is 1. The highest BCUT2D eigenvalue weighted by atomic mass is 16.3. The highest BCUT2D eigenvalue weighted by Crippen LogP contribution is 2.23. The van der Waals surface area contributed by atoms with E-state index in [1.807, 2.05) is 36.4 Å². The minimum Gasteiger partial charge on any atom is -0.508 e. The standard InChI is InChI=1S/C19H15N3O2/c23-14-7-5-12(6-8-14)17-10-9-15(19(24)22-21-17)18-11-13-3-1-2-4-16(13)20-18/h1-9,11,20,23H,10H2,(H,22,24). The molecular weight excluding hydrogens is 302 g/mol. The molecule has 0 saturated carbocycles. The first-order valence-electron chi connectivity index (χ1n) is 7.65. The number of carbonyl (C=O) groups is 1. The molecule has 4 rings (SSSR count). The van der Waals surface area contributed by atoms with Crippen molar-refractivity contribution in [3.8, 4) is 5.75 Å². The van der Waals surface area contributed by atoms with Crippen LogP contribution in [0.5, 0.6) is 5.75 Å². The summed E-state index contributed by atoms with van der Waals surface area (Å²) in [5.74, 6) is -0.0401. The van der Waals surface area contributed by atoms with E-state index in [9.17, 15) is 9.90 Å². The molecule has 1 amide bonds. The highest BCUT2D eigenvalue weighted by molar-refractivity contribution is 6.21. The van der Waals surface area contributed by atoms with Crippen LogP contribution in [-0.4, -0.2) is 21.7 Å². The monoisotopic (exact) mass is 317 g/mol. The lowest BCUT2D eigenvalue weighted by Crippen LogP contribution is -2.18. The molecule has 2 heterocycles. The van der Waals surface area contributed by atoms with E-state index in [1.54, 1.807) is 24.3 Å². The van der Waals surface area contributed by atoms with Crippen molar-refractivity contribution in [3.05, 3.63) is 71.9 Å². The van der Waals surface area contributed by atoms with Crippen LogP contribution in [0.15, 0.2) is 65.8 Å². The lowest BCUT2D eigenvalue weighted by atomic mass is 10.0. The summed E-state index contributed by atoms with van der Waals surface area (Å²) >= 11 is 0. The average Bonchev–Trinajstić information content (AvgIpc) is 2.92. The zero-order chi connectivity index (χ0) is 16.5. The number of phenolic OH excluding ortho intramolecular Hbond substituents is 1. The molecule has 0 bridgehead atoms. The van der Waals surface area contributed by atoms with E-state index in [2.05, 4.69) is 15.5 Å². The third-order valence-electron chi connectivity index (χ3n) is 4.06.